The van der Waals surface area contributed by atoms with Crippen LogP contribution in [-0.2, 0) is 11.3 Å². The lowest BCUT2D eigenvalue weighted by atomic mass is 9.99. The molecule has 0 aliphatic heterocycles. The van der Waals surface area contributed by atoms with Crippen LogP contribution in [0.1, 0.15) is 25.7 Å². The molecule has 7 heteroatoms. The molecule has 6 nitrogen and oxygen atoms in total. The maximum absolute atomic E-state index is 12.2. The average molecular weight is 307 g/mol. The molecule has 0 aromatic carbocycles. The number of rotatable bonds is 4. The molecule has 0 radical (unpaired) electrons. The van der Waals surface area contributed by atoms with Crippen molar-refractivity contribution in [3.63, 3.8) is 0 Å². The molecule has 3 rings (SSSR count). The fourth-order valence-electron chi connectivity index (χ4n) is 2.87. The van der Waals surface area contributed by atoms with Crippen molar-refractivity contribution < 1.29 is 9.90 Å². The number of aromatic nitrogens is 2. The second kappa shape index (κ2) is 5.57. The van der Waals surface area contributed by atoms with Gasteiger partial charge in [-0.05, 0) is 24.3 Å². The van der Waals surface area contributed by atoms with Gasteiger partial charge in [0, 0.05) is 0 Å². The molecule has 112 valence electrons. The molecule has 2 aromatic heterocycles. The van der Waals surface area contributed by atoms with Gasteiger partial charge in [-0.2, -0.15) is 0 Å². The number of aliphatic hydroxyl groups is 1. The number of fused-ring (bicyclic) bond motifs is 1. The van der Waals surface area contributed by atoms with Crippen LogP contribution in [0.5, 0.6) is 0 Å². The Morgan fingerprint density at radius 2 is 2.24 bits per heavy atom. The first kappa shape index (κ1) is 14.2. The van der Waals surface area contributed by atoms with Crippen molar-refractivity contribution in [2.24, 2.45) is 0 Å². The number of amides is 1. The van der Waals surface area contributed by atoms with Crippen molar-refractivity contribution >= 4 is 27.5 Å². The molecule has 2 aromatic rings. The lowest BCUT2D eigenvalue weighted by Crippen LogP contribution is -2.50. The van der Waals surface area contributed by atoms with Crippen LogP contribution in [0.4, 0.5) is 0 Å². The molecule has 1 aliphatic rings. The molecule has 1 saturated carbocycles. The van der Waals surface area contributed by atoms with E-state index in [1.807, 2.05) is 5.38 Å². The zero-order valence-corrected chi connectivity index (χ0v) is 12.4. The molecule has 0 saturated heterocycles. The Bertz CT molecular complexity index is 716. The monoisotopic (exact) mass is 307 g/mol. The first-order valence-electron chi connectivity index (χ1n) is 6.98. The maximum atomic E-state index is 12.2. The van der Waals surface area contributed by atoms with E-state index in [-0.39, 0.29) is 24.6 Å². The highest BCUT2D eigenvalue weighted by atomic mass is 32.1. The number of carbonyl (C=O) groups is 1. The minimum Gasteiger partial charge on any atom is -0.394 e. The quantitative estimate of drug-likeness (QED) is 0.878. The van der Waals surface area contributed by atoms with Crippen molar-refractivity contribution in [1.29, 1.82) is 0 Å². The van der Waals surface area contributed by atoms with Gasteiger partial charge in [0.1, 0.15) is 11.4 Å². The SMILES string of the molecule is O=C(Cn1cnc2sccc2c1=O)NC1(CO)CCCC1. The van der Waals surface area contributed by atoms with E-state index in [2.05, 4.69) is 10.3 Å². The van der Waals surface area contributed by atoms with Crippen LogP contribution in [-0.4, -0.2) is 32.7 Å². The molecule has 0 atom stereocenters. The van der Waals surface area contributed by atoms with Gasteiger partial charge in [0.15, 0.2) is 0 Å². The molecule has 1 fully saturated rings. The molecule has 2 N–H and O–H groups in total. The van der Waals surface area contributed by atoms with Gasteiger partial charge in [0.2, 0.25) is 5.91 Å². The van der Waals surface area contributed by atoms with Gasteiger partial charge in [-0.3, -0.25) is 14.2 Å². The van der Waals surface area contributed by atoms with E-state index in [9.17, 15) is 14.7 Å². The Morgan fingerprint density at radius 3 is 2.95 bits per heavy atom. The summed E-state index contributed by atoms with van der Waals surface area (Å²) >= 11 is 1.40. The first-order valence-corrected chi connectivity index (χ1v) is 7.86. The van der Waals surface area contributed by atoms with Gasteiger partial charge >= 0.3 is 0 Å². The molecule has 0 unspecified atom stereocenters. The predicted octanol–water partition coefficient (Wildman–Crippen LogP) is 0.879. The predicted molar refractivity (Wildman–Crippen MR) is 80.3 cm³/mol. The number of hydrogen-bond acceptors (Lipinski definition) is 5. The van der Waals surface area contributed by atoms with E-state index in [0.29, 0.717) is 10.2 Å². The summed E-state index contributed by atoms with van der Waals surface area (Å²) in [5.41, 5.74) is -0.721. The highest BCUT2D eigenvalue weighted by Gasteiger charge is 2.34. The Labute approximate surface area is 125 Å². The van der Waals surface area contributed by atoms with Crippen molar-refractivity contribution in [1.82, 2.24) is 14.9 Å². The van der Waals surface area contributed by atoms with Crippen LogP contribution in [0.3, 0.4) is 0 Å². The summed E-state index contributed by atoms with van der Waals surface area (Å²) in [4.78, 5) is 29.2. The third-order valence-electron chi connectivity index (χ3n) is 4.03. The normalized spacial score (nSPS) is 17.2. The van der Waals surface area contributed by atoms with E-state index < -0.39 is 5.54 Å². The van der Waals surface area contributed by atoms with Gasteiger partial charge in [0.05, 0.1) is 23.9 Å². The van der Waals surface area contributed by atoms with Gasteiger partial charge in [-0.25, -0.2) is 4.98 Å². The number of nitrogens with zero attached hydrogens (tertiary/aromatic N) is 2. The Hall–Kier alpha value is -1.73. The van der Waals surface area contributed by atoms with Crippen LogP contribution in [0.15, 0.2) is 22.6 Å². The Kier molecular flexibility index (Phi) is 3.77. The molecule has 0 bridgehead atoms. The zero-order chi connectivity index (χ0) is 14.9. The number of thiophene rings is 1. The maximum Gasteiger partial charge on any atom is 0.262 e. The van der Waals surface area contributed by atoms with Crippen LogP contribution in [0, 0.1) is 0 Å². The third-order valence-corrected chi connectivity index (χ3v) is 4.85. The highest BCUT2D eigenvalue weighted by Crippen LogP contribution is 2.29. The topological polar surface area (TPSA) is 84.2 Å². The highest BCUT2D eigenvalue weighted by molar-refractivity contribution is 7.16. The van der Waals surface area contributed by atoms with Gasteiger partial charge in [-0.15, -0.1) is 11.3 Å². The van der Waals surface area contributed by atoms with Crippen LogP contribution in [0.2, 0.25) is 0 Å². The molecular formula is C14H17N3O3S. The van der Waals surface area contributed by atoms with E-state index >= 15 is 0 Å². The fourth-order valence-corrected chi connectivity index (χ4v) is 3.59. The van der Waals surface area contributed by atoms with Crippen LogP contribution >= 0.6 is 11.3 Å². The van der Waals surface area contributed by atoms with E-state index in [1.165, 1.54) is 22.2 Å². The number of aliphatic hydroxyl groups excluding tert-OH is 1. The molecule has 1 amide bonds. The summed E-state index contributed by atoms with van der Waals surface area (Å²) in [5.74, 6) is -0.260. The summed E-state index contributed by atoms with van der Waals surface area (Å²) in [7, 11) is 0. The largest absolute Gasteiger partial charge is 0.394 e. The summed E-state index contributed by atoms with van der Waals surface area (Å²) in [6.07, 6.45) is 4.98. The zero-order valence-electron chi connectivity index (χ0n) is 11.5. The van der Waals surface area contributed by atoms with Gasteiger partial charge < -0.3 is 10.4 Å². The standard InChI is InChI=1S/C14H17N3O3S/c18-8-14(4-1-2-5-14)16-11(19)7-17-9-15-12-10(13(17)20)3-6-21-12/h3,6,9,18H,1-2,4-5,7-8H2,(H,16,19). The summed E-state index contributed by atoms with van der Waals surface area (Å²) in [6.45, 7) is -0.130. The minimum atomic E-state index is -0.513. The van der Waals surface area contributed by atoms with Gasteiger partial charge in [-0.1, -0.05) is 12.8 Å². The second-order valence-corrected chi connectivity index (χ2v) is 6.41. The van der Waals surface area contributed by atoms with Crippen molar-refractivity contribution in [3.8, 4) is 0 Å². The van der Waals surface area contributed by atoms with Gasteiger partial charge in [0.25, 0.3) is 5.56 Å². The van der Waals surface area contributed by atoms with E-state index in [0.717, 1.165) is 25.7 Å². The second-order valence-electron chi connectivity index (χ2n) is 5.51. The third kappa shape index (κ3) is 2.71. The number of nitrogens with one attached hydrogen (secondary N) is 1. The fraction of sp³-hybridized carbons (Fsp3) is 0.500. The van der Waals surface area contributed by atoms with Crippen molar-refractivity contribution in [2.75, 3.05) is 6.61 Å². The molecule has 0 spiro atoms. The summed E-state index contributed by atoms with van der Waals surface area (Å²) in [6, 6.07) is 1.72. The number of carbonyl (C=O) groups excluding carboxylic acids is 1. The molecule has 21 heavy (non-hydrogen) atoms. The average Bonchev–Trinajstić information content (AvgIpc) is 3.11. The van der Waals surface area contributed by atoms with Crippen LogP contribution in [0.25, 0.3) is 10.2 Å². The lowest BCUT2D eigenvalue weighted by molar-refractivity contribution is -0.124. The molecule has 2 heterocycles. The van der Waals surface area contributed by atoms with E-state index in [4.69, 9.17) is 0 Å². The Morgan fingerprint density at radius 1 is 1.48 bits per heavy atom. The van der Waals surface area contributed by atoms with E-state index in [1.54, 1.807) is 6.07 Å². The molecular weight excluding hydrogens is 290 g/mol. The smallest absolute Gasteiger partial charge is 0.262 e. The summed E-state index contributed by atoms with van der Waals surface area (Å²) < 4.78 is 1.31. The first-order chi connectivity index (χ1) is 10.1. The molecule has 1 aliphatic carbocycles. The minimum absolute atomic E-state index is 0.0601. The summed E-state index contributed by atoms with van der Waals surface area (Å²) in [5, 5.41) is 14.7. The van der Waals surface area contributed by atoms with Crippen LogP contribution < -0.4 is 10.9 Å². The van der Waals surface area contributed by atoms with Crippen molar-refractivity contribution in [2.45, 2.75) is 37.8 Å². The Balaban J connectivity index is 1.77. The van der Waals surface area contributed by atoms with Crippen molar-refractivity contribution in [3.05, 3.63) is 28.1 Å². The lowest BCUT2D eigenvalue weighted by Gasteiger charge is -2.28. The number of hydrogen-bond donors (Lipinski definition) is 2.